The van der Waals surface area contributed by atoms with Crippen LogP contribution in [0.1, 0.15) is 23.7 Å². The molecule has 24 heavy (non-hydrogen) atoms. The van der Waals surface area contributed by atoms with Crippen molar-refractivity contribution in [2.45, 2.75) is 19.4 Å². The zero-order valence-electron chi connectivity index (χ0n) is 14.3. The second-order valence-corrected chi connectivity index (χ2v) is 5.87. The predicted molar refractivity (Wildman–Crippen MR) is 101 cm³/mol. The van der Waals surface area contributed by atoms with Crippen LogP contribution in [0.15, 0.2) is 24.3 Å². The van der Waals surface area contributed by atoms with Gasteiger partial charge in [-0.2, -0.15) is 0 Å². The van der Waals surface area contributed by atoms with E-state index < -0.39 is 6.10 Å². The third kappa shape index (κ3) is 7.36. The fraction of sp³-hybridized carbons (Fsp3) is 0.588. The van der Waals surface area contributed by atoms with Crippen molar-refractivity contribution in [2.24, 2.45) is 0 Å². The average molecular weight is 379 g/mol. The highest BCUT2D eigenvalue weighted by atomic mass is 35.5. The molecule has 138 valence electrons. The fourth-order valence-corrected chi connectivity index (χ4v) is 2.51. The number of halogens is 2. The molecule has 2 rings (SSSR count). The molecule has 1 atom stereocenters. The van der Waals surface area contributed by atoms with E-state index in [0.29, 0.717) is 24.3 Å². The van der Waals surface area contributed by atoms with Gasteiger partial charge in [0.2, 0.25) is 0 Å². The van der Waals surface area contributed by atoms with Crippen molar-refractivity contribution in [1.29, 1.82) is 0 Å². The van der Waals surface area contributed by atoms with E-state index in [1.54, 1.807) is 24.3 Å². The summed E-state index contributed by atoms with van der Waals surface area (Å²) >= 11 is 0. The van der Waals surface area contributed by atoms with Crippen molar-refractivity contribution in [2.75, 3.05) is 46.4 Å². The Morgan fingerprint density at radius 1 is 1.17 bits per heavy atom. The third-order valence-electron chi connectivity index (χ3n) is 4.00. The summed E-state index contributed by atoms with van der Waals surface area (Å²) in [4.78, 5) is 16.1. The number of likely N-dealkylation sites (N-methyl/N-ethyl adjacent to an activating group) is 1. The number of nitrogens with zero attached hydrogens (tertiary/aromatic N) is 2. The zero-order valence-corrected chi connectivity index (χ0v) is 15.9. The van der Waals surface area contributed by atoms with Gasteiger partial charge in [0.15, 0.2) is 5.78 Å². The number of piperazine rings is 1. The van der Waals surface area contributed by atoms with Crippen LogP contribution in [0, 0.1) is 0 Å². The number of carbonyl (C=O) groups is 1. The van der Waals surface area contributed by atoms with Crippen LogP contribution in [0.5, 0.6) is 5.75 Å². The Bertz CT molecular complexity index is 477. The predicted octanol–water partition coefficient (Wildman–Crippen LogP) is 2.11. The fourth-order valence-electron chi connectivity index (χ4n) is 2.51. The summed E-state index contributed by atoms with van der Waals surface area (Å²) in [5, 5.41) is 10.1. The van der Waals surface area contributed by atoms with Crippen molar-refractivity contribution in [3.8, 4) is 5.75 Å². The van der Waals surface area contributed by atoms with E-state index in [2.05, 4.69) is 16.8 Å². The van der Waals surface area contributed by atoms with Crippen LogP contribution in [-0.2, 0) is 0 Å². The summed E-state index contributed by atoms with van der Waals surface area (Å²) in [5.41, 5.74) is 0.702. The first-order valence-electron chi connectivity index (χ1n) is 7.93. The van der Waals surface area contributed by atoms with Crippen molar-refractivity contribution in [3.63, 3.8) is 0 Å². The second-order valence-electron chi connectivity index (χ2n) is 5.87. The number of carbonyl (C=O) groups excluding carboxylic acids is 1. The number of hydrogen-bond acceptors (Lipinski definition) is 5. The highest BCUT2D eigenvalue weighted by Gasteiger charge is 2.17. The molecular formula is C17H28Cl2N2O3. The Morgan fingerprint density at radius 3 is 2.29 bits per heavy atom. The molecule has 0 aromatic heterocycles. The van der Waals surface area contributed by atoms with E-state index in [1.165, 1.54) is 0 Å². The molecule has 1 aliphatic rings. The Balaban J connectivity index is 0.00000264. The third-order valence-corrected chi connectivity index (χ3v) is 4.00. The van der Waals surface area contributed by atoms with Crippen LogP contribution in [0.25, 0.3) is 0 Å². The number of aliphatic hydroxyl groups excluding tert-OH is 1. The van der Waals surface area contributed by atoms with Gasteiger partial charge in [-0.1, -0.05) is 6.92 Å². The molecular weight excluding hydrogens is 351 g/mol. The zero-order chi connectivity index (χ0) is 15.9. The lowest BCUT2D eigenvalue weighted by atomic mass is 10.1. The van der Waals surface area contributed by atoms with E-state index in [1.807, 2.05) is 6.92 Å². The van der Waals surface area contributed by atoms with Crippen molar-refractivity contribution >= 4 is 30.6 Å². The standard InChI is InChI=1S/C17H26N2O3.2ClH/c1-3-17(21)14-4-6-16(7-5-14)22-13-15(20)12-19-10-8-18(2)9-11-19;;/h4-7,15,20H,3,8-13H2,1-2H3;2*1H. The molecule has 5 nitrogen and oxygen atoms in total. The second kappa shape index (κ2) is 11.7. The first-order chi connectivity index (χ1) is 10.6. The highest BCUT2D eigenvalue weighted by molar-refractivity contribution is 5.95. The van der Waals surface area contributed by atoms with E-state index in [9.17, 15) is 9.90 Å². The average Bonchev–Trinajstić information content (AvgIpc) is 2.55. The Kier molecular flexibility index (Phi) is 11.2. The monoisotopic (exact) mass is 378 g/mol. The van der Waals surface area contributed by atoms with Crippen LogP contribution in [0.4, 0.5) is 0 Å². The maximum Gasteiger partial charge on any atom is 0.162 e. The molecule has 0 aliphatic carbocycles. The van der Waals surface area contributed by atoms with Crippen molar-refractivity contribution in [3.05, 3.63) is 29.8 Å². The van der Waals surface area contributed by atoms with Crippen LogP contribution >= 0.6 is 24.8 Å². The largest absolute Gasteiger partial charge is 0.491 e. The van der Waals surface area contributed by atoms with Gasteiger partial charge >= 0.3 is 0 Å². The molecule has 0 amide bonds. The van der Waals surface area contributed by atoms with Gasteiger partial charge in [-0.3, -0.25) is 9.69 Å². The smallest absolute Gasteiger partial charge is 0.162 e. The van der Waals surface area contributed by atoms with Gasteiger partial charge < -0.3 is 14.7 Å². The number of ketones is 1. The minimum Gasteiger partial charge on any atom is -0.491 e. The molecule has 1 saturated heterocycles. The topological polar surface area (TPSA) is 53.0 Å². The molecule has 1 N–H and O–H groups in total. The number of benzene rings is 1. The van der Waals surface area contributed by atoms with Gasteiger partial charge in [0.1, 0.15) is 18.5 Å². The SMILES string of the molecule is CCC(=O)c1ccc(OCC(O)CN2CCN(C)CC2)cc1.Cl.Cl. The lowest BCUT2D eigenvalue weighted by Crippen LogP contribution is -2.47. The molecule has 1 aromatic carbocycles. The summed E-state index contributed by atoms with van der Waals surface area (Å²) in [5.74, 6) is 0.812. The normalized spacial score (nSPS) is 16.6. The number of rotatable bonds is 7. The van der Waals surface area contributed by atoms with Crippen LogP contribution in [0.3, 0.4) is 0 Å². The Labute approximate surface area is 156 Å². The number of hydrogen-bond donors (Lipinski definition) is 1. The number of β-amino-alcohol motifs (C(OH)–C–C–N with tert-alkyl or cyclic N) is 1. The van der Waals surface area contributed by atoms with Gasteiger partial charge in [-0.05, 0) is 31.3 Å². The van der Waals surface area contributed by atoms with Gasteiger partial charge in [0.05, 0.1) is 0 Å². The molecule has 1 aromatic rings. The summed E-state index contributed by atoms with van der Waals surface area (Å²) in [6.45, 7) is 6.82. The van der Waals surface area contributed by atoms with Gasteiger partial charge in [0.25, 0.3) is 0 Å². The Hall–Kier alpha value is -0.850. The molecule has 0 radical (unpaired) electrons. The summed E-state index contributed by atoms with van der Waals surface area (Å²) in [6.07, 6.45) is 0.00424. The summed E-state index contributed by atoms with van der Waals surface area (Å²) in [7, 11) is 2.11. The number of ether oxygens (including phenoxy) is 1. The maximum absolute atomic E-state index is 11.5. The minimum absolute atomic E-state index is 0. The quantitative estimate of drug-likeness (QED) is 0.736. The molecule has 1 unspecified atom stereocenters. The minimum atomic E-state index is -0.500. The van der Waals surface area contributed by atoms with Crippen LogP contribution in [0.2, 0.25) is 0 Å². The Morgan fingerprint density at radius 2 is 1.75 bits per heavy atom. The lowest BCUT2D eigenvalue weighted by Gasteiger charge is -2.33. The molecule has 0 saturated carbocycles. The van der Waals surface area contributed by atoms with E-state index in [4.69, 9.17) is 4.74 Å². The summed E-state index contributed by atoms with van der Waals surface area (Å²) in [6, 6.07) is 7.11. The highest BCUT2D eigenvalue weighted by Crippen LogP contribution is 2.14. The van der Waals surface area contributed by atoms with Gasteiger partial charge in [-0.15, -0.1) is 24.8 Å². The molecule has 1 aliphatic heterocycles. The van der Waals surface area contributed by atoms with Gasteiger partial charge in [0, 0.05) is 44.7 Å². The lowest BCUT2D eigenvalue weighted by molar-refractivity contribution is 0.0504. The maximum atomic E-state index is 11.5. The van der Waals surface area contributed by atoms with Crippen molar-refractivity contribution in [1.82, 2.24) is 9.80 Å². The van der Waals surface area contributed by atoms with Crippen LogP contribution in [-0.4, -0.2) is 73.2 Å². The van der Waals surface area contributed by atoms with Gasteiger partial charge in [-0.25, -0.2) is 0 Å². The molecule has 7 heteroatoms. The molecule has 0 bridgehead atoms. The van der Waals surface area contributed by atoms with E-state index >= 15 is 0 Å². The number of aliphatic hydroxyl groups is 1. The van der Waals surface area contributed by atoms with E-state index in [0.717, 1.165) is 26.2 Å². The molecule has 1 heterocycles. The summed E-state index contributed by atoms with van der Waals surface area (Å²) < 4.78 is 5.60. The molecule has 1 fully saturated rings. The van der Waals surface area contributed by atoms with Crippen molar-refractivity contribution < 1.29 is 14.6 Å². The van der Waals surface area contributed by atoms with Crippen LogP contribution < -0.4 is 4.74 Å². The first kappa shape index (κ1) is 23.1. The van der Waals surface area contributed by atoms with E-state index in [-0.39, 0.29) is 37.2 Å². The number of Topliss-reactive ketones (excluding diaryl/α,β-unsaturated/α-hetero) is 1. The first-order valence-corrected chi connectivity index (χ1v) is 7.93. The molecule has 0 spiro atoms.